The van der Waals surface area contributed by atoms with E-state index in [0.29, 0.717) is 17.3 Å². The summed E-state index contributed by atoms with van der Waals surface area (Å²) in [6.45, 7) is 9.20. The van der Waals surface area contributed by atoms with Gasteiger partial charge in [0, 0.05) is 12.2 Å². The number of thiocarbonyl (C=S) groups is 1. The van der Waals surface area contributed by atoms with Gasteiger partial charge in [-0.2, -0.15) is 0 Å². The minimum atomic E-state index is -3.30. The molecular weight excluding hydrogens is 390 g/mol. The number of nitrogens with two attached hydrogens (primary N) is 1. The Morgan fingerprint density at radius 1 is 1.11 bits per heavy atom. The Kier molecular flexibility index (Phi) is 6.72. The summed E-state index contributed by atoms with van der Waals surface area (Å²) in [5.74, 6) is 0. The van der Waals surface area contributed by atoms with Crippen molar-refractivity contribution in [3.8, 4) is 0 Å². The first-order chi connectivity index (χ1) is 12.9. The third-order valence-corrected chi connectivity index (χ3v) is 5.46. The van der Waals surface area contributed by atoms with Crippen molar-refractivity contribution in [3.05, 3.63) is 65.2 Å². The van der Waals surface area contributed by atoms with Crippen LogP contribution in [0.5, 0.6) is 0 Å². The Balaban J connectivity index is 2.18. The van der Waals surface area contributed by atoms with Crippen LogP contribution in [-0.2, 0) is 22.0 Å². The molecule has 28 heavy (non-hydrogen) atoms. The van der Waals surface area contributed by atoms with E-state index in [9.17, 15) is 8.42 Å². The minimum Gasteiger partial charge on any atom is -0.376 e. The molecule has 2 aromatic carbocycles. The van der Waals surface area contributed by atoms with Crippen molar-refractivity contribution < 1.29 is 8.42 Å². The molecule has 152 valence electrons. The molecule has 0 saturated carbocycles. The minimum absolute atomic E-state index is 0.0490. The second-order valence-electron chi connectivity index (χ2n) is 8.09. The molecule has 0 aliphatic carbocycles. The second kappa shape index (κ2) is 8.49. The van der Waals surface area contributed by atoms with E-state index in [-0.39, 0.29) is 11.5 Å². The van der Waals surface area contributed by atoms with E-state index in [4.69, 9.17) is 18.0 Å². The normalized spacial score (nSPS) is 13.0. The first kappa shape index (κ1) is 22.2. The van der Waals surface area contributed by atoms with E-state index in [1.807, 2.05) is 24.0 Å². The smallest absolute Gasteiger partial charge is 0.229 e. The van der Waals surface area contributed by atoms with Gasteiger partial charge in [-0.15, -0.1) is 0 Å². The molecule has 0 saturated heterocycles. The van der Waals surface area contributed by atoms with Crippen LogP contribution in [0.15, 0.2) is 48.5 Å². The molecule has 2 rings (SSSR count). The van der Waals surface area contributed by atoms with E-state index in [1.54, 1.807) is 12.1 Å². The number of hydrogen-bond acceptors (Lipinski definition) is 3. The Morgan fingerprint density at radius 3 is 2.07 bits per heavy atom. The van der Waals surface area contributed by atoms with Crippen LogP contribution in [-0.4, -0.2) is 24.7 Å². The number of benzene rings is 2. The third-order valence-electron chi connectivity index (χ3n) is 4.62. The molecule has 0 amide bonds. The average molecular weight is 420 g/mol. The van der Waals surface area contributed by atoms with Crippen LogP contribution in [0.2, 0.25) is 0 Å². The van der Waals surface area contributed by atoms with Crippen molar-refractivity contribution in [3.63, 3.8) is 0 Å². The predicted molar refractivity (Wildman–Crippen MR) is 121 cm³/mol. The lowest BCUT2D eigenvalue weighted by Crippen LogP contribution is -2.37. The maximum Gasteiger partial charge on any atom is 0.229 e. The van der Waals surface area contributed by atoms with E-state index in [2.05, 4.69) is 49.8 Å². The van der Waals surface area contributed by atoms with E-state index in [0.717, 1.165) is 17.4 Å². The van der Waals surface area contributed by atoms with Crippen LogP contribution in [0.4, 0.5) is 5.69 Å². The summed E-state index contributed by atoms with van der Waals surface area (Å²) in [4.78, 5) is 1.96. The standard InChI is InChI=1S/C21H29N3O2S2/c1-15(17-8-12-19(13-9-17)23-28(5,25)26)24(20(22)27)14-16-6-10-18(11-7-16)21(2,3)4/h6-13,15,23H,14H2,1-5H3,(H2,22,27). The van der Waals surface area contributed by atoms with E-state index < -0.39 is 10.0 Å². The SMILES string of the molecule is CC(c1ccc(NS(C)(=O)=O)cc1)N(Cc1ccc(C(C)(C)C)cc1)C(N)=S. The van der Waals surface area contributed by atoms with Gasteiger partial charge >= 0.3 is 0 Å². The van der Waals surface area contributed by atoms with E-state index >= 15 is 0 Å². The van der Waals surface area contributed by atoms with Crippen LogP contribution in [0.3, 0.4) is 0 Å². The van der Waals surface area contributed by atoms with Crippen molar-refractivity contribution in [2.45, 2.75) is 45.7 Å². The summed E-state index contributed by atoms with van der Waals surface area (Å²) in [6, 6.07) is 15.7. The largest absolute Gasteiger partial charge is 0.376 e. The highest BCUT2D eigenvalue weighted by Gasteiger charge is 2.19. The molecular formula is C21H29N3O2S2. The summed E-state index contributed by atoms with van der Waals surface area (Å²) >= 11 is 5.29. The second-order valence-corrected chi connectivity index (χ2v) is 10.3. The Hall–Kier alpha value is -2.12. The van der Waals surface area contributed by atoms with Gasteiger partial charge in [-0.25, -0.2) is 8.42 Å². The number of nitrogens with one attached hydrogen (secondary N) is 1. The van der Waals surface area contributed by atoms with Crippen molar-refractivity contribution in [2.24, 2.45) is 5.73 Å². The lowest BCUT2D eigenvalue weighted by molar-refractivity contribution is 0.332. The Morgan fingerprint density at radius 2 is 1.64 bits per heavy atom. The highest BCUT2D eigenvalue weighted by atomic mass is 32.2. The van der Waals surface area contributed by atoms with Crippen LogP contribution < -0.4 is 10.5 Å². The number of sulfonamides is 1. The maximum atomic E-state index is 11.4. The summed E-state index contributed by atoms with van der Waals surface area (Å²) < 4.78 is 25.2. The van der Waals surface area contributed by atoms with Gasteiger partial charge in [0.05, 0.1) is 12.3 Å². The van der Waals surface area contributed by atoms with Gasteiger partial charge in [-0.05, 0) is 53.4 Å². The first-order valence-corrected chi connectivity index (χ1v) is 11.4. The van der Waals surface area contributed by atoms with Crippen LogP contribution >= 0.6 is 12.2 Å². The van der Waals surface area contributed by atoms with Crippen molar-refractivity contribution in [1.82, 2.24) is 4.90 Å². The molecule has 0 heterocycles. The van der Waals surface area contributed by atoms with E-state index in [1.165, 1.54) is 5.56 Å². The highest BCUT2D eigenvalue weighted by molar-refractivity contribution is 7.92. The topological polar surface area (TPSA) is 75.4 Å². The van der Waals surface area contributed by atoms with Gasteiger partial charge in [0.25, 0.3) is 0 Å². The quantitative estimate of drug-likeness (QED) is 0.688. The van der Waals surface area contributed by atoms with Crippen LogP contribution in [0, 0.1) is 0 Å². The first-order valence-electron chi connectivity index (χ1n) is 9.10. The van der Waals surface area contributed by atoms with Crippen LogP contribution in [0.1, 0.15) is 50.4 Å². The number of hydrogen-bond donors (Lipinski definition) is 2. The predicted octanol–water partition coefficient (Wildman–Crippen LogP) is 4.16. The number of nitrogens with zero attached hydrogens (tertiary/aromatic N) is 1. The fraction of sp³-hybridized carbons (Fsp3) is 0.381. The molecule has 7 heteroatoms. The zero-order chi connectivity index (χ0) is 21.1. The molecule has 0 aliphatic heterocycles. The van der Waals surface area contributed by atoms with Gasteiger partial charge in [-0.1, -0.05) is 57.2 Å². The van der Waals surface area contributed by atoms with Crippen molar-refractivity contribution in [2.75, 3.05) is 11.0 Å². The highest BCUT2D eigenvalue weighted by Crippen LogP contribution is 2.26. The molecule has 0 bridgehead atoms. The lowest BCUT2D eigenvalue weighted by atomic mass is 9.86. The monoisotopic (exact) mass is 419 g/mol. The van der Waals surface area contributed by atoms with Gasteiger partial charge < -0.3 is 10.6 Å². The fourth-order valence-corrected chi connectivity index (χ4v) is 3.72. The molecule has 3 N–H and O–H groups in total. The molecule has 1 atom stereocenters. The molecule has 0 fully saturated rings. The number of rotatable bonds is 6. The molecule has 0 aromatic heterocycles. The maximum absolute atomic E-state index is 11.4. The summed E-state index contributed by atoms with van der Waals surface area (Å²) in [6.07, 6.45) is 1.13. The van der Waals surface area contributed by atoms with Gasteiger partial charge in [-0.3, -0.25) is 4.72 Å². The zero-order valence-electron chi connectivity index (χ0n) is 17.1. The molecule has 0 aliphatic rings. The Bertz CT molecular complexity index is 916. The Labute approximate surface area is 174 Å². The molecule has 0 radical (unpaired) electrons. The molecule has 2 aromatic rings. The van der Waals surface area contributed by atoms with Gasteiger partial charge in [0.15, 0.2) is 5.11 Å². The molecule has 1 unspecified atom stereocenters. The van der Waals surface area contributed by atoms with Gasteiger partial charge in [0.2, 0.25) is 10.0 Å². The average Bonchev–Trinajstić information content (AvgIpc) is 2.58. The van der Waals surface area contributed by atoms with Crippen molar-refractivity contribution >= 4 is 33.0 Å². The summed E-state index contributed by atoms with van der Waals surface area (Å²) in [5.41, 5.74) is 10.0. The number of anilines is 1. The fourth-order valence-electron chi connectivity index (χ4n) is 2.94. The lowest BCUT2D eigenvalue weighted by Gasteiger charge is -2.30. The summed E-state index contributed by atoms with van der Waals surface area (Å²) in [7, 11) is -3.30. The molecule has 0 spiro atoms. The summed E-state index contributed by atoms with van der Waals surface area (Å²) in [5, 5.41) is 0.325. The third kappa shape index (κ3) is 6.21. The zero-order valence-corrected chi connectivity index (χ0v) is 18.7. The van der Waals surface area contributed by atoms with Crippen LogP contribution in [0.25, 0.3) is 0 Å². The van der Waals surface area contributed by atoms with Gasteiger partial charge in [0.1, 0.15) is 0 Å². The molecule has 5 nitrogen and oxygen atoms in total. The van der Waals surface area contributed by atoms with Crippen molar-refractivity contribution in [1.29, 1.82) is 0 Å².